The molecule has 0 aromatic heterocycles. The molecule has 0 aromatic carbocycles. The number of primary amides is 1. The third kappa shape index (κ3) is 7.25. The van der Waals surface area contributed by atoms with E-state index in [1.165, 1.54) is 11.8 Å². The molecule has 4 nitrogen and oxygen atoms in total. The summed E-state index contributed by atoms with van der Waals surface area (Å²) >= 11 is 1.23. The third-order valence-electron chi connectivity index (χ3n) is 1.51. The van der Waals surface area contributed by atoms with Crippen LogP contribution in [-0.4, -0.2) is 28.5 Å². The molecule has 0 aliphatic rings. The zero-order valence-electron chi connectivity index (χ0n) is 9.70. The average Bonchev–Trinajstić information content (AvgIpc) is 2.01. The predicted molar refractivity (Wildman–Crippen MR) is 61.6 cm³/mol. The van der Waals surface area contributed by atoms with Crippen LogP contribution < -0.4 is 5.73 Å². The molecule has 15 heavy (non-hydrogen) atoms. The van der Waals surface area contributed by atoms with E-state index in [-0.39, 0.29) is 22.9 Å². The van der Waals surface area contributed by atoms with Gasteiger partial charge in [-0.05, 0) is 27.2 Å². The second kappa shape index (κ2) is 6.00. The highest BCUT2D eigenvalue weighted by Crippen LogP contribution is 2.16. The second-order valence-corrected chi connectivity index (χ2v) is 5.39. The minimum atomic E-state index is -0.480. The highest BCUT2D eigenvalue weighted by Gasteiger charge is 2.19. The van der Waals surface area contributed by atoms with Crippen LogP contribution in [0.4, 0.5) is 0 Å². The van der Waals surface area contributed by atoms with Crippen LogP contribution in [0.5, 0.6) is 0 Å². The van der Waals surface area contributed by atoms with Gasteiger partial charge in [-0.25, -0.2) is 0 Å². The van der Waals surface area contributed by atoms with Gasteiger partial charge in [0.15, 0.2) is 0 Å². The van der Waals surface area contributed by atoms with E-state index < -0.39 is 5.60 Å². The van der Waals surface area contributed by atoms with Gasteiger partial charge >= 0.3 is 5.97 Å². The van der Waals surface area contributed by atoms with Crippen molar-refractivity contribution >= 4 is 23.6 Å². The molecule has 5 heteroatoms. The van der Waals surface area contributed by atoms with Gasteiger partial charge in [0.1, 0.15) is 5.60 Å². The number of hydrogen-bond donors (Lipinski definition) is 1. The molecule has 1 atom stereocenters. The van der Waals surface area contributed by atoms with Crippen LogP contribution in [0.3, 0.4) is 0 Å². The molecule has 0 fully saturated rings. The Kier molecular flexibility index (Phi) is 5.72. The van der Waals surface area contributed by atoms with Gasteiger partial charge in [0.25, 0.3) is 0 Å². The van der Waals surface area contributed by atoms with Crippen molar-refractivity contribution < 1.29 is 14.3 Å². The molecule has 0 saturated heterocycles. The van der Waals surface area contributed by atoms with E-state index in [4.69, 9.17) is 10.5 Å². The number of ether oxygens (including phenoxy) is 1. The molecule has 0 rings (SSSR count). The molecule has 0 aromatic rings. The lowest BCUT2D eigenvalue weighted by molar-refractivity contribution is -0.151. The molecule has 2 N–H and O–H groups in total. The maximum atomic E-state index is 11.3. The lowest BCUT2D eigenvalue weighted by atomic mass is 10.2. The van der Waals surface area contributed by atoms with E-state index in [9.17, 15) is 9.59 Å². The number of amides is 1. The molecule has 1 unspecified atom stereocenters. The maximum absolute atomic E-state index is 11.3. The Morgan fingerprint density at radius 3 is 2.27 bits per heavy atom. The maximum Gasteiger partial charge on any atom is 0.316 e. The van der Waals surface area contributed by atoms with Crippen LogP contribution in [0.15, 0.2) is 0 Å². The van der Waals surface area contributed by atoms with Crippen molar-refractivity contribution in [3.05, 3.63) is 0 Å². The summed E-state index contributed by atoms with van der Waals surface area (Å²) in [6.45, 7) is 7.28. The van der Waals surface area contributed by atoms with Crippen LogP contribution in [-0.2, 0) is 14.3 Å². The number of hydrogen-bond acceptors (Lipinski definition) is 4. The molecule has 0 aliphatic heterocycles. The van der Waals surface area contributed by atoms with Crippen LogP contribution in [0.25, 0.3) is 0 Å². The van der Waals surface area contributed by atoms with Crippen molar-refractivity contribution in [3.63, 3.8) is 0 Å². The number of rotatable bonds is 5. The summed E-state index contributed by atoms with van der Waals surface area (Å²) in [5.41, 5.74) is 4.67. The molecule has 1 amide bonds. The van der Waals surface area contributed by atoms with Crippen LogP contribution >= 0.6 is 11.8 Å². The highest BCUT2D eigenvalue weighted by atomic mass is 32.2. The average molecular weight is 233 g/mol. The van der Waals surface area contributed by atoms with Crippen LogP contribution in [0.2, 0.25) is 0 Å². The number of carbonyl (C=O) groups excluding carboxylic acids is 2. The normalized spacial score (nSPS) is 13.3. The second-order valence-electron chi connectivity index (χ2n) is 4.20. The Hall–Kier alpha value is -0.710. The number of thioether (sulfide) groups is 1. The Labute approximate surface area is 94.9 Å². The van der Waals surface area contributed by atoms with Gasteiger partial charge in [-0.2, -0.15) is 0 Å². The molecule has 0 aliphatic carbocycles. The first-order valence-corrected chi connectivity index (χ1v) is 5.94. The quantitative estimate of drug-likeness (QED) is 0.727. The summed E-state index contributed by atoms with van der Waals surface area (Å²) in [7, 11) is 0. The summed E-state index contributed by atoms with van der Waals surface area (Å²) in [6, 6.07) is 0. The molecule has 0 radical (unpaired) electrons. The molecule has 88 valence electrons. The highest BCUT2D eigenvalue weighted by molar-refractivity contribution is 8.01. The lowest BCUT2D eigenvalue weighted by Crippen LogP contribution is -2.28. The SMILES string of the molecule is CCC(SCC(=O)OC(C)(C)C)C(N)=O. The summed E-state index contributed by atoms with van der Waals surface area (Å²) in [5.74, 6) is -0.531. The van der Waals surface area contributed by atoms with Gasteiger partial charge in [0.2, 0.25) is 5.91 Å². The van der Waals surface area contributed by atoms with Crippen molar-refractivity contribution in [2.45, 2.75) is 45.0 Å². The van der Waals surface area contributed by atoms with Gasteiger partial charge in [0, 0.05) is 0 Å². The number of esters is 1. The van der Waals surface area contributed by atoms with E-state index in [0.29, 0.717) is 6.42 Å². The minimum absolute atomic E-state index is 0.165. The first-order chi connectivity index (χ1) is 6.76. The molecule has 0 spiro atoms. The topological polar surface area (TPSA) is 69.4 Å². The summed E-state index contributed by atoms with van der Waals surface area (Å²) in [4.78, 5) is 22.2. The molecule has 0 saturated carbocycles. The monoisotopic (exact) mass is 233 g/mol. The summed E-state index contributed by atoms with van der Waals surface area (Å²) in [6.07, 6.45) is 0.628. The van der Waals surface area contributed by atoms with Crippen LogP contribution in [0.1, 0.15) is 34.1 Å². The minimum Gasteiger partial charge on any atom is -0.459 e. The molecule has 0 bridgehead atoms. The van der Waals surface area contributed by atoms with Crippen LogP contribution in [0, 0.1) is 0 Å². The van der Waals surface area contributed by atoms with Crippen molar-refractivity contribution in [1.82, 2.24) is 0 Å². The van der Waals surface area contributed by atoms with Crippen molar-refractivity contribution in [3.8, 4) is 0 Å². The zero-order valence-corrected chi connectivity index (χ0v) is 10.5. The molecular weight excluding hydrogens is 214 g/mol. The Morgan fingerprint density at radius 1 is 1.40 bits per heavy atom. The van der Waals surface area contributed by atoms with Crippen molar-refractivity contribution in [2.75, 3.05) is 5.75 Å². The Morgan fingerprint density at radius 2 is 1.93 bits per heavy atom. The Bertz CT molecular complexity index is 235. The van der Waals surface area contributed by atoms with Gasteiger partial charge < -0.3 is 10.5 Å². The molecule has 0 heterocycles. The number of nitrogens with two attached hydrogens (primary N) is 1. The van der Waals surface area contributed by atoms with E-state index in [1.54, 1.807) is 20.8 Å². The third-order valence-corrected chi connectivity index (χ3v) is 2.88. The fraction of sp³-hybridized carbons (Fsp3) is 0.800. The fourth-order valence-corrected chi connectivity index (χ4v) is 1.74. The summed E-state index contributed by atoms with van der Waals surface area (Å²) in [5, 5.41) is -0.308. The predicted octanol–water partition coefficient (Wildman–Crippen LogP) is 1.33. The fourth-order valence-electron chi connectivity index (χ4n) is 0.941. The Balaban J connectivity index is 3.94. The largest absolute Gasteiger partial charge is 0.459 e. The van der Waals surface area contributed by atoms with Gasteiger partial charge in [-0.1, -0.05) is 6.92 Å². The van der Waals surface area contributed by atoms with Crippen molar-refractivity contribution in [1.29, 1.82) is 0 Å². The standard InChI is InChI=1S/C10H19NO3S/c1-5-7(9(11)13)15-6-8(12)14-10(2,3)4/h7H,5-6H2,1-4H3,(H2,11,13). The number of carbonyl (C=O) groups is 2. The van der Waals surface area contributed by atoms with E-state index in [2.05, 4.69) is 0 Å². The van der Waals surface area contributed by atoms with E-state index in [1.807, 2.05) is 6.92 Å². The van der Waals surface area contributed by atoms with Gasteiger partial charge in [-0.3, -0.25) is 9.59 Å². The van der Waals surface area contributed by atoms with Gasteiger partial charge in [-0.15, -0.1) is 11.8 Å². The first kappa shape index (κ1) is 14.3. The lowest BCUT2D eigenvalue weighted by Gasteiger charge is -2.19. The first-order valence-electron chi connectivity index (χ1n) is 4.89. The van der Waals surface area contributed by atoms with E-state index >= 15 is 0 Å². The molecular formula is C10H19NO3S. The smallest absolute Gasteiger partial charge is 0.316 e. The summed E-state index contributed by atoms with van der Waals surface area (Å²) < 4.78 is 5.10. The zero-order chi connectivity index (χ0) is 12.1. The van der Waals surface area contributed by atoms with Gasteiger partial charge in [0.05, 0.1) is 11.0 Å². The van der Waals surface area contributed by atoms with E-state index in [0.717, 1.165) is 0 Å². The van der Waals surface area contributed by atoms with Crippen molar-refractivity contribution in [2.24, 2.45) is 5.73 Å².